The molecule has 0 aromatic heterocycles. The minimum Gasteiger partial charge on any atom is -0.393 e. The topological polar surface area (TPSA) is 83.2 Å². The molecule has 5 aliphatic rings. The summed E-state index contributed by atoms with van der Waals surface area (Å²) in [6.45, 7) is 5.47. The van der Waals surface area contributed by atoms with Gasteiger partial charge in [0.1, 0.15) is 5.84 Å². The Morgan fingerprint density at radius 1 is 1.14 bits per heavy atom. The summed E-state index contributed by atoms with van der Waals surface area (Å²) in [5, 5.41) is 26.5. The number of amides is 1. The molecule has 35 heavy (non-hydrogen) atoms. The molecule has 1 aromatic carbocycles. The summed E-state index contributed by atoms with van der Waals surface area (Å²) in [5.41, 5.74) is 2.85. The van der Waals surface area contributed by atoms with Gasteiger partial charge in [0.2, 0.25) is 5.91 Å². The van der Waals surface area contributed by atoms with Crippen LogP contribution >= 0.6 is 0 Å². The first-order valence-electron chi connectivity index (χ1n) is 13.6. The molecule has 186 valence electrons. The molecule has 3 heterocycles. The Hall–Kier alpha value is -2.59. The van der Waals surface area contributed by atoms with Crippen molar-refractivity contribution in [1.29, 1.82) is 5.26 Å². The van der Waals surface area contributed by atoms with E-state index in [1.807, 2.05) is 17.9 Å². The Labute approximate surface area is 208 Å². The molecule has 0 radical (unpaired) electrons. The van der Waals surface area contributed by atoms with Gasteiger partial charge < -0.3 is 14.9 Å². The predicted molar refractivity (Wildman–Crippen MR) is 135 cm³/mol. The number of likely N-dealkylation sites (tertiary alicyclic amines) is 2. The molecule has 2 saturated heterocycles. The van der Waals surface area contributed by atoms with Gasteiger partial charge in [0, 0.05) is 39.0 Å². The number of aliphatic hydroxyl groups excluding tert-OH is 1. The van der Waals surface area contributed by atoms with Crippen molar-refractivity contribution >= 4 is 17.4 Å². The van der Waals surface area contributed by atoms with Gasteiger partial charge in [-0.15, -0.1) is 0 Å². The van der Waals surface area contributed by atoms with E-state index in [2.05, 4.69) is 28.1 Å². The summed E-state index contributed by atoms with van der Waals surface area (Å²) in [7, 11) is 0. The summed E-state index contributed by atoms with van der Waals surface area (Å²) >= 11 is 0. The molecule has 7 heteroatoms. The minimum atomic E-state index is -0.235. The second-order valence-electron chi connectivity index (χ2n) is 11.5. The van der Waals surface area contributed by atoms with Gasteiger partial charge in [0.25, 0.3) is 0 Å². The zero-order valence-electron chi connectivity index (χ0n) is 20.8. The number of carbonyl (C=O) groups is 1. The number of rotatable bonds is 4. The van der Waals surface area contributed by atoms with Gasteiger partial charge in [-0.05, 0) is 80.0 Å². The van der Waals surface area contributed by atoms with Gasteiger partial charge in [-0.25, -0.2) is 0 Å². The highest BCUT2D eigenvalue weighted by Gasteiger charge is 2.57. The van der Waals surface area contributed by atoms with Crippen molar-refractivity contribution < 1.29 is 9.90 Å². The van der Waals surface area contributed by atoms with Crippen LogP contribution < -0.4 is 5.01 Å². The maximum Gasteiger partial charge on any atom is 0.222 e. The average molecular weight is 476 g/mol. The highest BCUT2D eigenvalue weighted by molar-refractivity contribution is 5.87. The van der Waals surface area contributed by atoms with Crippen molar-refractivity contribution in [2.75, 3.05) is 31.2 Å². The average Bonchev–Trinajstić information content (AvgIpc) is 3.39. The molecular weight excluding hydrogens is 438 g/mol. The number of hydrazone groups is 1. The predicted octanol–water partition coefficient (Wildman–Crippen LogP) is 3.50. The SMILES string of the molecule is Cc1cc(N2N=C(N3C[C@@H]4C(CC(=O)N5CCC(O)CC5)[C@@H]4C3)CC2C2CCCC2)ccc1C#N. The van der Waals surface area contributed by atoms with Crippen LogP contribution in [0.2, 0.25) is 0 Å². The number of nitriles is 1. The lowest BCUT2D eigenvalue weighted by molar-refractivity contribution is -0.133. The minimum absolute atomic E-state index is 0.235. The number of benzene rings is 1. The standard InChI is InChI=1S/C28H37N5O2/c1-18-12-21(7-6-20(18)15-29)33-26(19-4-2-3-5-19)14-27(30-33)32-16-24-23(25(24)17-32)13-28(35)31-10-8-22(34)9-11-31/h6-7,12,19,22-26,34H,2-5,8-11,13-14,16-17H2,1H3/t23?,24-,25+,26?. The molecule has 1 N–H and O–H groups in total. The Bertz CT molecular complexity index is 1040. The summed E-state index contributed by atoms with van der Waals surface area (Å²) < 4.78 is 0. The van der Waals surface area contributed by atoms with Crippen molar-refractivity contribution in [2.24, 2.45) is 28.8 Å². The lowest BCUT2D eigenvalue weighted by Gasteiger charge is -2.30. The second kappa shape index (κ2) is 9.13. The van der Waals surface area contributed by atoms with E-state index in [-0.39, 0.29) is 12.0 Å². The molecule has 1 aromatic rings. The van der Waals surface area contributed by atoms with Crippen LogP contribution in [0.15, 0.2) is 23.3 Å². The molecular formula is C28H37N5O2. The Morgan fingerprint density at radius 2 is 1.86 bits per heavy atom. The van der Waals surface area contributed by atoms with Gasteiger partial charge in [-0.3, -0.25) is 9.80 Å². The molecule has 2 aliphatic carbocycles. The van der Waals surface area contributed by atoms with E-state index in [0.717, 1.165) is 36.3 Å². The Morgan fingerprint density at radius 3 is 2.51 bits per heavy atom. The van der Waals surface area contributed by atoms with Crippen molar-refractivity contribution in [3.8, 4) is 6.07 Å². The van der Waals surface area contributed by atoms with Crippen molar-refractivity contribution in [2.45, 2.75) is 70.4 Å². The van der Waals surface area contributed by atoms with Crippen LogP contribution in [0, 0.1) is 41.9 Å². The summed E-state index contributed by atoms with van der Waals surface area (Å²) in [6, 6.07) is 8.80. The van der Waals surface area contributed by atoms with Gasteiger partial charge in [0.15, 0.2) is 0 Å². The molecule has 4 atom stereocenters. The molecule has 0 bridgehead atoms. The van der Waals surface area contributed by atoms with Crippen LogP contribution in [-0.2, 0) is 4.79 Å². The van der Waals surface area contributed by atoms with Crippen LogP contribution in [0.4, 0.5) is 5.69 Å². The fourth-order valence-corrected chi connectivity index (χ4v) is 7.19. The molecule has 1 amide bonds. The third-order valence-corrected chi connectivity index (χ3v) is 9.43. The van der Waals surface area contributed by atoms with Gasteiger partial charge >= 0.3 is 0 Å². The second-order valence-corrected chi connectivity index (χ2v) is 11.5. The lowest BCUT2D eigenvalue weighted by Crippen LogP contribution is -2.40. The smallest absolute Gasteiger partial charge is 0.222 e. The number of aryl methyl sites for hydroxylation is 1. The fraction of sp³-hybridized carbons (Fsp3) is 0.679. The summed E-state index contributed by atoms with van der Waals surface area (Å²) in [4.78, 5) is 17.2. The number of amidine groups is 1. The number of nitrogens with zero attached hydrogens (tertiary/aromatic N) is 5. The Balaban J connectivity index is 1.11. The number of hydrogen-bond donors (Lipinski definition) is 1. The summed E-state index contributed by atoms with van der Waals surface area (Å²) in [6.07, 6.45) is 8.07. The first-order valence-corrected chi connectivity index (χ1v) is 13.6. The highest BCUT2D eigenvalue weighted by atomic mass is 16.3. The van der Waals surface area contributed by atoms with Crippen LogP contribution in [0.25, 0.3) is 0 Å². The van der Waals surface area contributed by atoms with Crippen LogP contribution in [0.3, 0.4) is 0 Å². The van der Waals surface area contributed by atoms with Gasteiger partial charge in [-0.1, -0.05) is 12.8 Å². The van der Waals surface area contributed by atoms with E-state index in [9.17, 15) is 15.2 Å². The molecule has 3 aliphatic heterocycles. The van der Waals surface area contributed by atoms with Crippen molar-refractivity contribution in [3.63, 3.8) is 0 Å². The van der Waals surface area contributed by atoms with E-state index in [1.165, 1.54) is 31.5 Å². The zero-order valence-corrected chi connectivity index (χ0v) is 20.8. The molecule has 2 saturated carbocycles. The van der Waals surface area contributed by atoms with Gasteiger partial charge in [-0.2, -0.15) is 10.4 Å². The monoisotopic (exact) mass is 475 g/mol. The number of anilines is 1. The molecule has 0 spiro atoms. The fourth-order valence-electron chi connectivity index (χ4n) is 7.19. The molecule has 7 nitrogen and oxygen atoms in total. The maximum absolute atomic E-state index is 12.8. The number of hydrogen-bond acceptors (Lipinski definition) is 6. The first-order chi connectivity index (χ1) is 17.0. The molecule has 2 unspecified atom stereocenters. The zero-order chi connectivity index (χ0) is 24.1. The maximum atomic E-state index is 12.8. The summed E-state index contributed by atoms with van der Waals surface area (Å²) in [5.74, 6) is 3.94. The quantitative estimate of drug-likeness (QED) is 0.721. The Kier molecular flexibility index (Phi) is 5.96. The number of fused-ring (bicyclic) bond motifs is 1. The number of aliphatic hydroxyl groups is 1. The lowest BCUT2D eigenvalue weighted by atomic mass is 9.94. The van der Waals surface area contributed by atoms with E-state index in [0.29, 0.717) is 62.1 Å². The van der Waals surface area contributed by atoms with E-state index < -0.39 is 0 Å². The first kappa shape index (κ1) is 22.8. The van der Waals surface area contributed by atoms with E-state index >= 15 is 0 Å². The van der Waals surface area contributed by atoms with Crippen LogP contribution in [0.5, 0.6) is 0 Å². The normalized spacial score (nSPS) is 31.0. The third-order valence-electron chi connectivity index (χ3n) is 9.43. The third kappa shape index (κ3) is 4.31. The largest absolute Gasteiger partial charge is 0.393 e. The number of piperidine rings is 2. The molecule has 4 fully saturated rings. The van der Waals surface area contributed by atoms with Crippen molar-refractivity contribution in [3.05, 3.63) is 29.3 Å². The van der Waals surface area contributed by atoms with E-state index in [1.54, 1.807) is 0 Å². The van der Waals surface area contributed by atoms with E-state index in [4.69, 9.17) is 5.10 Å². The highest BCUT2D eigenvalue weighted by Crippen LogP contribution is 2.54. The molecule has 6 rings (SSSR count). The van der Waals surface area contributed by atoms with Crippen LogP contribution in [-0.4, -0.2) is 65.0 Å². The van der Waals surface area contributed by atoms with Crippen LogP contribution in [0.1, 0.15) is 62.5 Å². The number of carbonyl (C=O) groups excluding carboxylic acids is 1. The van der Waals surface area contributed by atoms with Crippen molar-refractivity contribution in [1.82, 2.24) is 9.80 Å². The van der Waals surface area contributed by atoms with Gasteiger partial charge in [0.05, 0.1) is 29.5 Å².